The Balaban J connectivity index is 1.66. The fraction of sp³-hybridized carbons (Fsp3) is 0.0952. The zero-order valence-corrected chi connectivity index (χ0v) is 15.7. The molecule has 0 bridgehead atoms. The van der Waals surface area contributed by atoms with Crippen LogP contribution in [0.2, 0.25) is 10.0 Å². The van der Waals surface area contributed by atoms with Crippen LogP contribution in [0.25, 0.3) is 0 Å². The van der Waals surface area contributed by atoms with E-state index in [1.54, 1.807) is 48.5 Å². The molecule has 27 heavy (non-hydrogen) atoms. The van der Waals surface area contributed by atoms with Crippen molar-refractivity contribution in [1.29, 1.82) is 0 Å². The van der Waals surface area contributed by atoms with Gasteiger partial charge in [0.1, 0.15) is 5.75 Å². The van der Waals surface area contributed by atoms with Gasteiger partial charge in [-0.2, -0.15) is 0 Å². The minimum Gasteiger partial charge on any atom is -0.478 e. The summed E-state index contributed by atoms with van der Waals surface area (Å²) in [5, 5.41) is 14.0. The molecule has 1 atom stereocenters. The maximum Gasteiger partial charge on any atom is 0.349 e. The normalized spacial score (nSPS) is 11.6. The average molecular weight is 402 g/mol. The molecule has 0 aliphatic rings. The zero-order chi connectivity index (χ0) is 19.2. The van der Waals surface area contributed by atoms with Gasteiger partial charge in [-0.3, -0.25) is 0 Å². The largest absolute Gasteiger partial charge is 0.478 e. The summed E-state index contributed by atoms with van der Waals surface area (Å²) in [5.74, 6) is -0.573. The maximum absolute atomic E-state index is 11.5. The molecule has 3 rings (SSSR count). The fourth-order valence-corrected chi connectivity index (χ4v) is 2.93. The third-order valence-corrected chi connectivity index (χ3v) is 4.53. The lowest BCUT2D eigenvalue weighted by atomic mass is 10.1. The second-order valence-corrected chi connectivity index (χ2v) is 6.70. The van der Waals surface area contributed by atoms with Gasteiger partial charge in [0.15, 0.2) is 0 Å². The van der Waals surface area contributed by atoms with Crippen LogP contribution >= 0.6 is 23.2 Å². The highest BCUT2D eigenvalue weighted by Crippen LogP contribution is 2.25. The fourth-order valence-electron chi connectivity index (χ4n) is 2.55. The van der Waals surface area contributed by atoms with Crippen LogP contribution in [0.3, 0.4) is 0 Å². The molecular weight excluding hydrogens is 385 g/mol. The van der Waals surface area contributed by atoms with Crippen LogP contribution < -0.4 is 10.1 Å². The highest BCUT2D eigenvalue weighted by Gasteiger charge is 2.21. The van der Waals surface area contributed by atoms with E-state index >= 15 is 0 Å². The van der Waals surface area contributed by atoms with Gasteiger partial charge >= 0.3 is 5.97 Å². The van der Waals surface area contributed by atoms with Crippen molar-refractivity contribution in [2.45, 2.75) is 12.6 Å². The first kappa shape index (κ1) is 19.1. The molecule has 0 radical (unpaired) electrons. The van der Waals surface area contributed by atoms with Crippen molar-refractivity contribution >= 4 is 34.9 Å². The molecule has 0 fully saturated rings. The van der Waals surface area contributed by atoms with Gasteiger partial charge in [0.2, 0.25) is 6.10 Å². The topological polar surface area (TPSA) is 58.6 Å². The minimum absolute atomic E-state index is 0.470. The van der Waals surface area contributed by atoms with Gasteiger partial charge in [-0.15, -0.1) is 0 Å². The van der Waals surface area contributed by atoms with Crippen molar-refractivity contribution in [2.75, 3.05) is 5.32 Å². The van der Waals surface area contributed by atoms with Crippen molar-refractivity contribution in [2.24, 2.45) is 0 Å². The standard InChI is InChI=1S/C21H17Cl2NO3/c22-16-6-11-19(23)15(12-16)13-24-17-7-9-18(10-8-17)27-20(21(25)26)14-4-2-1-3-5-14/h1-12,20,24H,13H2,(H,25,26)/t20-/m0/s1. The van der Waals surface area contributed by atoms with E-state index in [4.69, 9.17) is 27.9 Å². The Kier molecular flexibility index (Phi) is 6.22. The Morgan fingerprint density at radius 3 is 2.37 bits per heavy atom. The Morgan fingerprint density at radius 1 is 1.00 bits per heavy atom. The molecule has 3 aromatic rings. The third kappa shape index (κ3) is 5.16. The first-order valence-corrected chi connectivity index (χ1v) is 9.01. The minimum atomic E-state index is -1.06. The van der Waals surface area contributed by atoms with E-state index in [9.17, 15) is 9.90 Å². The van der Waals surface area contributed by atoms with Crippen molar-refractivity contribution in [3.05, 3.63) is 94.0 Å². The Labute approximate surface area is 167 Å². The first-order chi connectivity index (χ1) is 13.0. The lowest BCUT2D eigenvalue weighted by Crippen LogP contribution is -2.18. The molecule has 138 valence electrons. The van der Waals surface area contributed by atoms with Crippen molar-refractivity contribution < 1.29 is 14.6 Å². The third-order valence-electron chi connectivity index (χ3n) is 3.93. The smallest absolute Gasteiger partial charge is 0.349 e. The lowest BCUT2D eigenvalue weighted by Gasteiger charge is -2.16. The van der Waals surface area contributed by atoms with E-state index in [-0.39, 0.29) is 0 Å². The SMILES string of the molecule is O=C(O)[C@@H](Oc1ccc(NCc2cc(Cl)ccc2Cl)cc1)c1ccccc1. The summed E-state index contributed by atoms with van der Waals surface area (Å²) in [5.41, 5.74) is 2.33. The quantitative estimate of drug-likeness (QED) is 0.524. The summed E-state index contributed by atoms with van der Waals surface area (Å²) >= 11 is 12.2. The number of benzene rings is 3. The van der Waals surface area contributed by atoms with Gasteiger partial charge in [0, 0.05) is 27.8 Å². The monoisotopic (exact) mass is 401 g/mol. The lowest BCUT2D eigenvalue weighted by molar-refractivity contribution is -0.145. The first-order valence-electron chi connectivity index (χ1n) is 8.25. The molecule has 6 heteroatoms. The van der Waals surface area contributed by atoms with E-state index < -0.39 is 12.1 Å². The molecule has 4 nitrogen and oxygen atoms in total. The van der Waals surface area contributed by atoms with Crippen molar-refractivity contribution in [3.8, 4) is 5.75 Å². The molecule has 0 amide bonds. The second kappa shape index (κ2) is 8.80. The van der Waals surface area contributed by atoms with Gasteiger partial charge in [-0.25, -0.2) is 4.79 Å². The summed E-state index contributed by atoms with van der Waals surface area (Å²) < 4.78 is 5.65. The van der Waals surface area contributed by atoms with Gasteiger partial charge in [-0.05, 0) is 48.0 Å². The number of hydrogen-bond acceptors (Lipinski definition) is 3. The van der Waals surface area contributed by atoms with Crippen LogP contribution in [0.1, 0.15) is 17.2 Å². The number of carboxylic acid groups (broad SMARTS) is 1. The molecular formula is C21H17Cl2NO3. The van der Waals surface area contributed by atoms with E-state index in [1.165, 1.54) is 0 Å². The predicted molar refractivity (Wildman–Crippen MR) is 108 cm³/mol. The van der Waals surface area contributed by atoms with Gasteiger partial charge < -0.3 is 15.2 Å². The highest BCUT2D eigenvalue weighted by molar-refractivity contribution is 6.33. The number of ether oxygens (including phenoxy) is 1. The number of carbonyl (C=O) groups is 1. The number of halogens is 2. The molecule has 0 aliphatic carbocycles. The zero-order valence-electron chi connectivity index (χ0n) is 14.2. The average Bonchev–Trinajstić information content (AvgIpc) is 2.68. The van der Waals surface area contributed by atoms with E-state index in [0.29, 0.717) is 27.9 Å². The summed E-state index contributed by atoms with van der Waals surface area (Å²) in [6.45, 7) is 0.515. The molecule has 0 spiro atoms. The molecule has 0 aliphatic heterocycles. The van der Waals surface area contributed by atoms with E-state index in [2.05, 4.69) is 5.32 Å². The van der Waals surface area contributed by atoms with Gasteiger partial charge in [-0.1, -0.05) is 53.5 Å². The molecule has 0 heterocycles. The molecule has 0 saturated heterocycles. The van der Waals surface area contributed by atoms with E-state index in [0.717, 1.165) is 11.3 Å². The molecule has 0 saturated carbocycles. The summed E-state index contributed by atoms with van der Waals surface area (Å²) in [4.78, 5) is 11.5. The molecule has 2 N–H and O–H groups in total. The van der Waals surface area contributed by atoms with Crippen LogP contribution in [0.15, 0.2) is 72.8 Å². The van der Waals surface area contributed by atoms with Crippen molar-refractivity contribution in [3.63, 3.8) is 0 Å². The predicted octanol–water partition coefficient (Wildman–Crippen LogP) is 5.81. The molecule has 0 unspecified atom stereocenters. The van der Waals surface area contributed by atoms with Crippen LogP contribution in [0.4, 0.5) is 5.69 Å². The summed E-state index contributed by atoms with van der Waals surface area (Å²) in [6, 6.07) is 21.2. The highest BCUT2D eigenvalue weighted by atomic mass is 35.5. The number of rotatable bonds is 7. The maximum atomic E-state index is 11.5. The second-order valence-electron chi connectivity index (χ2n) is 5.86. The Hall–Kier alpha value is -2.69. The molecule has 3 aromatic carbocycles. The molecule has 0 aromatic heterocycles. The van der Waals surface area contributed by atoms with E-state index in [1.807, 2.05) is 24.3 Å². The Bertz CT molecular complexity index is 914. The van der Waals surface area contributed by atoms with Crippen LogP contribution in [0.5, 0.6) is 5.75 Å². The summed E-state index contributed by atoms with van der Waals surface area (Å²) in [6.07, 6.45) is -1.06. The van der Waals surface area contributed by atoms with Crippen molar-refractivity contribution in [1.82, 2.24) is 0 Å². The number of aliphatic carboxylic acids is 1. The number of carboxylic acids is 1. The Morgan fingerprint density at radius 2 is 1.70 bits per heavy atom. The summed E-state index contributed by atoms with van der Waals surface area (Å²) in [7, 11) is 0. The van der Waals surface area contributed by atoms with Gasteiger partial charge in [0.05, 0.1) is 0 Å². The van der Waals surface area contributed by atoms with Crippen LogP contribution in [-0.2, 0) is 11.3 Å². The van der Waals surface area contributed by atoms with Crippen LogP contribution in [0, 0.1) is 0 Å². The number of hydrogen-bond donors (Lipinski definition) is 2. The number of anilines is 1. The van der Waals surface area contributed by atoms with Gasteiger partial charge in [0.25, 0.3) is 0 Å². The van der Waals surface area contributed by atoms with Crippen LogP contribution in [-0.4, -0.2) is 11.1 Å². The number of nitrogens with one attached hydrogen (secondary N) is 1.